The molecule has 2 rings (SSSR count). The van der Waals surface area contributed by atoms with Crippen molar-refractivity contribution in [2.45, 2.75) is 32.2 Å². The van der Waals surface area contributed by atoms with Crippen molar-refractivity contribution in [2.24, 2.45) is 5.73 Å². The molecule has 1 aromatic carbocycles. The average molecular weight is 234 g/mol. The molecule has 1 heterocycles. The van der Waals surface area contributed by atoms with Gasteiger partial charge in [0, 0.05) is 31.7 Å². The van der Waals surface area contributed by atoms with Crippen LogP contribution < -0.4 is 15.4 Å². The number of nitrogens with two attached hydrogens (primary N) is 1. The van der Waals surface area contributed by atoms with Crippen LogP contribution in [0.25, 0.3) is 0 Å². The van der Waals surface area contributed by atoms with E-state index >= 15 is 0 Å². The predicted molar refractivity (Wildman–Crippen MR) is 71.8 cm³/mol. The molecule has 0 radical (unpaired) electrons. The van der Waals surface area contributed by atoms with E-state index in [0.717, 1.165) is 38.2 Å². The molecule has 17 heavy (non-hydrogen) atoms. The molecule has 1 aliphatic heterocycles. The summed E-state index contributed by atoms with van der Waals surface area (Å²) in [5.41, 5.74) is 8.37. The van der Waals surface area contributed by atoms with Crippen molar-refractivity contribution in [3.05, 3.63) is 23.8 Å². The highest BCUT2D eigenvalue weighted by molar-refractivity contribution is 5.53. The maximum atomic E-state index is 5.76. The Bertz CT molecular complexity index is 376. The van der Waals surface area contributed by atoms with Crippen LogP contribution in [-0.4, -0.2) is 26.2 Å². The van der Waals surface area contributed by atoms with E-state index in [0.29, 0.717) is 6.04 Å². The van der Waals surface area contributed by atoms with Crippen LogP contribution in [0.5, 0.6) is 5.75 Å². The van der Waals surface area contributed by atoms with Crippen molar-refractivity contribution in [1.82, 2.24) is 0 Å². The fraction of sp³-hybridized carbons (Fsp3) is 0.571. The van der Waals surface area contributed by atoms with Gasteiger partial charge in [-0.05, 0) is 43.5 Å². The molecule has 1 aliphatic rings. The highest BCUT2D eigenvalue weighted by atomic mass is 16.5. The van der Waals surface area contributed by atoms with Crippen LogP contribution >= 0.6 is 0 Å². The lowest BCUT2D eigenvalue weighted by Gasteiger charge is -2.20. The Morgan fingerprint density at radius 1 is 1.47 bits per heavy atom. The largest absolute Gasteiger partial charge is 0.493 e. The molecule has 0 amide bonds. The van der Waals surface area contributed by atoms with Gasteiger partial charge in [0.2, 0.25) is 0 Å². The van der Waals surface area contributed by atoms with Gasteiger partial charge < -0.3 is 15.4 Å². The summed E-state index contributed by atoms with van der Waals surface area (Å²) in [7, 11) is 2.14. The molecule has 0 aromatic heterocycles. The molecule has 0 spiro atoms. The second-order valence-corrected chi connectivity index (χ2v) is 4.93. The van der Waals surface area contributed by atoms with E-state index in [4.69, 9.17) is 10.5 Å². The summed E-state index contributed by atoms with van der Waals surface area (Å²) in [6.07, 6.45) is 3.26. The maximum absolute atomic E-state index is 5.76. The van der Waals surface area contributed by atoms with Crippen molar-refractivity contribution in [3.8, 4) is 5.75 Å². The Kier molecular flexibility index (Phi) is 3.89. The molecule has 1 unspecified atom stereocenters. The third kappa shape index (κ3) is 3.13. The van der Waals surface area contributed by atoms with Crippen LogP contribution in [0, 0.1) is 0 Å². The molecule has 0 saturated heterocycles. The lowest BCUT2D eigenvalue weighted by atomic mass is 10.1. The summed E-state index contributed by atoms with van der Waals surface area (Å²) in [5.74, 6) is 1.05. The van der Waals surface area contributed by atoms with Gasteiger partial charge in [-0.2, -0.15) is 0 Å². The quantitative estimate of drug-likeness (QED) is 0.848. The third-order valence-electron chi connectivity index (χ3n) is 3.27. The van der Waals surface area contributed by atoms with Crippen LogP contribution in [0.2, 0.25) is 0 Å². The van der Waals surface area contributed by atoms with Gasteiger partial charge in [0.1, 0.15) is 5.75 Å². The number of hydrogen-bond donors (Lipinski definition) is 1. The van der Waals surface area contributed by atoms with E-state index in [1.165, 1.54) is 11.3 Å². The van der Waals surface area contributed by atoms with E-state index in [9.17, 15) is 0 Å². The zero-order valence-corrected chi connectivity index (χ0v) is 10.8. The minimum atomic E-state index is 0.303. The molecule has 3 nitrogen and oxygen atoms in total. The number of fused-ring (bicyclic) bond motifs is 1. The topological polar surface area (TPSA) is 38.5 Å². The summed E-state index contributed by atoms with van der Waals surface area (Å²) >= 11 is 0. The highest BCUT2D eigenvalue weighted by Crippen LogP contribution is 2.29. The zero-order chi connectivity index (χ0) is 12.3. The normalized spacial score (nSPS) is 15.2. The average Bonchev–Trinajstić information content (AvgIpc) is 2.75. The Balaban J connectivity index is 1.92. The second kappa shape index (κ2) is 5.41. The number of anilines is 1. The molecule has 0 fully saturated rings. The molecule has 1 atom stereocenters. The molecule has 0 saturated carbocycles. The molecule has 1 aromatic rings. The van der Waals surface area contributed by atoms with Gasteiger partial charge in [-0.1, -0.05) is 0 Å². The lowest BCUT2D eigenvalue weighted by molar-refractivity contribution is 0.357. The zero-order valence-electron chi connectivity index (χ0n) is 10.8. The van der Waals surface area contributed by atoms with Gasteiger partial charge in [-0.15, -0.1) is 0 Å². The first-order valence-corrected chi connectivity index (χ1v) is 6.39. The van der Waals surface area contributed by atoms with Crippen LogP contribution in [0.4, 0.5) is 5.69 Å². The summed E-state index contributed by atoms with van der Waals surface area (Å²) < 4.78 is 5.51. The first-order chi connectivity index (χ1) is 8.16. The molecule has 94 valence electrons. The number of ether oxygens (including phenoxy) is 1. The van der Waals surface area contributed by atoms with Gasteiger partial charge in [0.25, 0.3) is 0 Å². The number of nitrogens with zero attached hydrogens (tertiary/aromatic N) is 1. The van der Waals surface area contributed by atoms with Crippen molar-refractivity contribution < 1.29 is 4.74 Å². The van der Waals surface area contributed by atoms with Crippen LogP contribution in [0.15, 0.2) is 18.2 Å². The number of rotatable bonds is 5. The highest BCUT2D eigenvalue weighted by Gasteiger charge is 2.13. The summed E-state index contributed by atoms with van der Waals surface area (Å²) in [4.78, 5) is 2.29. The summed E-state index contributed by atoms with van der Waals surface area (Å²) in [6.45, 7) is 3.95. The second-order valence-electron chi connectivity index (χ2n) is 4.93. The van der Waals surface area contributed by atoms with Crippen LogP contribution in [0.3, 0.4) is 0 Å². The van der Waals surface area contributed by atoms with Gasteiger partial charge in [0.05, 0.1) is 6.61 Å². The van der Waals surface area contributed by atoms with E-state index in [-0.39, 0.29) is 0 Å². The van der Waals surface area contributed by atoms with Crippen molar-refractivity contribution >= 4 is 5.69 Å². The molecule has 0 aliphatic carbocycles. The minimum Gasteiger partial charge on any atom is -0.493 e. The molecule has 0 bridgehead atoms. The fourth-order valence-electron chi connectivity index (χ4n) is 2.19. The molecular formula is C14H22N2O. The monoisotopic (exact) mass is 234 g/mol. The van der Waals surface area contributed by atoms with E-state index in [1.54, 1.807) is 0 Å². The summed E-state index contributed by atoms with van der Waals surface area (Å²) in [6, 6.07) is 6.76. The standard InChI is InChI=1S/C14H22N2O/c1-11(15)4-3-8-16(2)13-5-6-14-12(10-13)7-9-17-14/h5-6,10-11H,3-4,7-9,15H2,1-2H3. The first-order valence-electron chi connectivity index (χ1n) is 6.39. The van der Waals surface area contributed by atoms with Gasteiger partial charge in [0.15, 0.2) is 0 Å². The molecular weight excluding hydrogens is 212 g/mol. The van der Waals surface area contributed by atoms with Crippen molar-refractivity contribution in [2.75, 3.05) is 25.1 Å². The van der Waals surface area contributed by atoms with Gasteiger partial charge in [-0.3, -0.25) is 0 Å². The fourth-order valence-corrected chi connectivity index (χ4v) is 2.19. The predicted octanol–water partition coefficient (Wildman–Crippen LogP) is 2.19. The van der Waals surface area contributed by atoms with E-state index in [2.05, 4.69) is 37.1 Å². The number of benzene rings is 1. The smallest absolute Gasteiger partial charge is 0.122 e. The van der Waals surface area contributed by atoms with Gasteiger partial charge in [-0.25, -0.2) is 0 Å². The molecule has 3 heteroatoms. The Morgan fingerprint density at radius 2 is 2.29 bits per heavy atom. The van der Waals surface area contributed by atoms with Gasteiger partial charge >= 0.3 is 0 Å². The lowest BCUT2D eigenvalue weighted by Crippen LogP contribution is -2.22. The SMILES string of the molecule is CC(N)CCCN(C)c1ccc2c(c1)CCO2. The Morgan fingerprint density at radius 3 is 3.06 bits per heavy atom. The first kappa shape index (κ1) is 12.2. The maximum Gasteiger partial charge on any atom is 0.122 e. The molecule has 2 N–H and O–H groups in total. The van der Waals surface area contributed by atoms with Crippen LogP contribution in [-0.2, 0) is 6.42 Å². The van der Waals surface area contributed by atoms with Crippen molar-refractivity contribution in [1.29, 1.82) is 0 Å². The van der Waals surface area contributed by atoms with E-state index < -0.39 is 0 Å². The summed E-state index contributed by atoms with van der Waals surface area (Å²) in [5, 5.41) is 0. The Hall–Kier alpha value is -1.22. The number of hydrogen-bond acceptors (Lipinski definition) is 3. The Labute approximate surface area is 104 Å². The third-order valence-corrected chi connectivity index (χ3v) is 3.27. The van der Waals surface area contributed by atoms with Crippen LogP contribution in [0.1, 0.15) is 25.3 Å². The van der Waals surface area contributed by atoms with E-state index in [1.807, 2.05) is 0 Å². The van der Waals surface area contributed by atoms with Crippen molar-refractivity contribution in [3.63, 3.8) is 0 Å². The minimum absolute atomic E-state index is 0.303.